The molecule has 1 heterocycles. The summed E-state index contributed by atoms with van der Waals surface area (Å²) in [6, 6.07) is 11.6. The van der Waals surface area contributed by atoms with Gasteiger partial charge in [-0.1, -0.05) is 29.8 Å². The van der Waals surface area contributed by atoms with Crippen LogP contribution in [-0.2, 0) is 11.8 Å². The third kappa shape index (κ3) is 4.12. The topological polar surface area (TPSA) is 102 Å². The van der Waals surface area contributed by atoms with Gasteiger partial charge < -0.3 is 4.74 Å². The molecule has 8 nitrogen and oxygen atoms in total. The molecule has 28 heavy (non-hydrogen) atoms. The average Bonchev–Trinajstić information content (AvgIpc) is 2.68. The van der Waals surface area contributed by atoms with Crippen molar-refractivity contribution in [3.05, 3.63) is 69.1 Å². The molecule has 1 aromatic heterocycles. The average molecular weight is 401 g/mol. The normalized spacial score (nSPS) is 10.5. The van der Waals surface area contributed by atoms with E-state index < -0.39 is 11.8 Å². The highest BCUT2D eigenvalue weighted by Crippen LogP contribution is 2.21. The molecule has 0 aliphatic rings. The Bertz CT molecular complexity index is 1130. The number of hydrogen-bond donors (Lipinski definition) is 2. The predicted molar refractivity (Wildman–Crippen MR) is 104 cm³/mol. The zero-order valence-electron chi connectivity index (χ0n) is 15.2. The largest absolute Gasteiger partial charge is 0.483 e. The van der Waals surface area contributed by atoms with Gasteiger partial charge in [-0.05, 0) is 36.8 Å². The highest BCUT2D eigenvalue weighted by molar-refractivity contribution is 6.30. The van der Waals surface area contributed by atoms with E-state index in [1.807, 2.05) is 0 Å². The Morgan fingerprint density at radius 1 is 1.14 bits per heavy atom. The van der Waals surface area contributed by atoms with E-state index in [-0.39, 0.29) is 17.9 Å². The summed E-state index contributed by atoms with van der Waals surface area (Å²) in [5, 5.41) is 5.31. The predicted octanol–water partition coefficient (Wildman–Crippen LogP) is 1.74. The standard InChI is InChI=1S/C19H17ClN4O4/c1-11-9-12(20)7-8-15(11)28-10-16(25)21-22-18(26)17-13-5-3-4-6-14(13)19(27)24(2)23-17/h3-9H,10H2,1-2H3,(H,21,25)(H,22,26). The van der Waals surface area contributed by atoms with Crippen LogP contribution in [0.3, 0.4) is 0 Å². The third-order valence-electron chi connectivity index (χ3n) is 3.98. The van der Waals surface area contributed by atoms with Crippen molar-refractivity contribution in [3.63, 3.8) is 0 Å². The molecule has 2 aromatic carbocycles. The number of carbonyl (C=O) groups is 2. The first-order valence-electron chi connectivity index (χ1n) is 8.31. The van der Waals surface area contributed by atoms with Crippen molar-refractivity contribution < 1.29 is 14.3 Å². The molecule has 0 aliphatic heterocycles. The molecule has 3 rings (SSSR count). The van der Waals surface area contributed by atoms with E-state index in [9.17, 15) is 14.4 Å². The van der Waals surface area contributed by atoms with Crippen molar-refractivity contribution in [1.29, 1.82) is 0 Å². The molecule has 2 N–H and O–H groups in total. The second-order valence-electron chi connectivity index (χ2n) is 6.02. The summed E-state index contributed by atoms with van der Waals surface area (Å²) < 4.78 is 6.49. The van der Waals surface area contributed by atoms with Crippen molar-refractivity contribution >= 4 is 34.2 Å². The second-order valence-corrected chi connectivity index (χ2v) is 6.46. The van der Waals surface area contributed by atoms with Gasteiger partial charge in [-0.25, -0.2) is 4.68 Å². The van der Waals surface area contributed by atoms with E-state index in [0.717, 1.165) is 10.2 Å². The molecule has 2 amide bonds. The minimum atomic E-state index is -0.650. The second kappa shape index (κ2) is 8.10. The number of benzene rings is 2. The first-order valence-corrected chi connectivity index (χ1v) is 8.69. The van der Waals surface area contributed by atoms with Crippen molar-refractivity contribution in [2.75, 3.05) is 6.61 Å². The van der Waals surface area contributed by atoms with E-state index in [4.69, 9.17) is 16.3 Å². The van der Waals surface area contributed by atoms with Crippen LogP contribution < -0.4 is 21.1 Å². The van der Waals surface area contributed by atoms with Crippen LogP contribution in [0.25, 0.3) is 10.8 Å². The summed E-state index contributed by atoms with van der Waals surface area (Å²) in [4.78, 5) is 36.5. The van der Waals surface area contributed by atoms with Gasteiger partial charge >= 0.3 is 0 Å². The highest BCUT2D eigenvalue weighted by atomic mass is 35.5. The van der Waals surface area contributed by atoms with Crippen LogP contribution >= 0.6 is 11.6 Å². The Morgan fingerprint density at radius 2 is 1.86 bits per heavy atom. The molecular formula is C19H17ClN4O4. The van der Waals surface area contributed by atoms with Crippen LogP contribution in [0, 0.1) is 6.92 Å². The Labute approximate surface area is 165 Å². The summed E-state index contributed by atoms with van der Waals surface area (Å²) in [7, 11) is 1.45. The Kier molecular flexibility index (Phi) is 5.60. The van der Waals surface area contributed by atoms with E-state index in [0.29, 0.717) is 21.5 Å². The number of aromatic nitrogens is 2. The lowest BCUT2D eigenvalue weighted by Gasteiger charge is -2.11. The molecule has 0 bridgehead atoms. The van der Waals surface area contributed by atoms with Crippen LogP contribution in [-0.4, -0.2) is 28.2 Å². The number of nitrogens with zero attached hydrogens (tertiary/aromatic N) is 2. The van der Waals surface area contributed by atoms with Crippen molar-refractivity contribution in [3.8, 4) is 5.75 Å². The van der Waals surface area contributed by atoms with Gasteiger partial charge in [-0.3, -0.25) is 25.2 Å². The minimum Gasteiger partial charge on any atom is -0.483 e. The smallest absolute Gasteiger partial charge is 0.290 e. The summed E-state index contributed by atoms with van der Waals surface area (Å²) >= 11 is 5.88. The molecule has 0 atom stereocenters. The maximum Gasteiger partial charge on any atom is 0.290 e. The Morgan fingerprint density at radius 3 is 2.57 bits per heavy atom. The number of ether oxygens (including phenoxy) is 1. The number of hydrogen-bond acceptors (Lipinski definition) is 5. The highest BCUT2D eigenvalue weighted by Gasteiger charge is 2.16. The molecule has 0 saturated heterocycles. The molecule has 3 aromatic rings. The third-order valence-corrected chi connectivity index (χ3v) is 4.22. The summed E-state index contributed by atoms with van der Waals surface area (Å²) in [6.07, 6.45) is 0. The maximum absolute atomic E-state index is 12.4. The SMILES string of the molecule is Cc1cc(Cl)ccc1OCC(=O)NNC(=O)c1nn(C)c(=O)c2ccccc12. The zero-order chi connectivity index (χ0) is 20.3. The summed E-state index contributed by atoms with van der Waals surface area (Å²) in [6.45, 7) is 1.50. The lowest BCUT2D eigenvalue weighted by atomic mass is 10.1. The van der Waals surface area contributed by atoms with Gasteiger partial charge in [0.15, 0.2) is 12.3 Å². The molecule has 0 saturated carbocycles. The van der Waals surface area contributed by atoms with Gasteiger partial charge in [0.2, 0.25) is 0 Å². The van der Waals surface area contributed by atoms with Gasteiger partial charge in [0, 0.05) is 17.5 Å². The fraction of sp³-hybridized carbons (Fsp3) is 0.158. The van der Waals surface area contributed by atoms with Crippen molar-refractivity contribution in [2.24, 2.45) is 7.05 Å². The summed E-state index contributed by atoms with van der Waals surface area (Å²) in [5.41, 5.74) is 5.03. The number of aryl methyl sites for hydroxylation is 2. The number of fused-ring (bicyclic) bond motifs is 1. The van der Waals surface area contributed by atoms with Crippen LogP contribution in [0.1, 0.15) is 16.1 Å². The first kappa shape index (κ1) is 19.4. The van der Waals surface area contributed by atoms with E-state index in [1.54, 1.807) is 49.4 Å². The fourth-order valence-corrected chi connectivity index (χ4v) is 2.83. The Balaban J connectivity index is 1.66. The quantitative estimate of drug-likeness (QED) is 0.649. The number of amides is 2. The number of nitrogens with one attached hydrogen (secondary N) is 2. The molecule has 9 heteroatoms. The van der Waals surface area contributed by atoms with Gasteiger partial charge in [-0.15, -0.1) is 0 Å². The number of rotatable bonds is 4. The van der Waals surface area contributed by atoms with Crippen LogP contribution in [0.15, 0.2) is 47.3 Å². The molecule has 0 spiro atoms. The Hall–Kier alpha value is -3.39. The monoisotopic (exact) mass is 400 g/mol. The van der Waals surface area contributed by atoms with E-state index in [1.165, 1.54) is 7.05 Å². The lowest BCUT2D eigenvalue weighted by molar-refractivity contribution is -0.123. The molecular weight excluding hydrogens is 384 g/mol. The van der Waals surface area contributed by atoms with Crippen molar-refractivity contribution in [2.45, 2.75) is 6.92 Å². The minimum absolute atomic E-state index is 0.0208. The first-order chi connectivity index (χ1) is 13.4. The van der Waals surface area contributed by atoms with Gasteiger partial charge in [0.25, 0.3) is 17.4 Å². The molecule has 0 radical (unpaired) electrons. The van der Waals surface area contributed by atoms with Crippen LogP contribution in [0.4, 0.5) is 0 Å². The molecule has 0 unspecified atom stereocenters. The molecule has 0 aliphatic carbocycles. The molecule has 0 fully saturated rings. The maximum atomic E-state index is 12.4. The van der Waals surface area contributed by atoms with Crippen LogP contribution in [0.5, 0.6) is 5.75 Å². The van der Waals surface area contributed by atoms with Crippen LogP contribution in [0.2, 0.25) is 5.02 Å². The fourth-order valence-electron chi connectivity index (χ4n) is 2.61. The van der Waals surface area contributed by atoms with Gasteiger partial charge in [-0.2, -0.15) is 5.10 Å². The van der Waals surface area contributed by atoms with E-state index >= 15 is 0 Å². The van der Waals surface area contributed by atoms with Gasteiger partial charge in [0.05, 0.1) is 5.39 Å². The lowest BCUT2D eigenvalue weighted by Crippen LogP contribution is -2.44. The zero-order valence-corrected chi connectivity index (χ0v) is 15.9. The van der Waals surface area contributed by atoms with Gasteiger partial charge in [0.1, 0.15) is 5.75 Å². The number of hydrazine groups is 1. The number of halogens is 1. The van der Waals surface area contributed by atoms with E-state index in [2.05, 4.69) is 16.0 Å². The van der Waals surface area contributed by atoms with Crippen molar-refractivity contribution in [1.82, 2.24) is 20.6 Å². The number of carbonyl (C=O) groups excluding carboxylic acids is 2. The summed E-state index contributed by atoms with van der Waals surface area (Å²) in [5.74, 6) is -0.698. The molecule has 144 valence electrons.